The van der Waals surface area contributed by atoms with E-state index >= 15 is 0 Å². The third-order valence-corrected chi connectivity index (χ3v) is 2.59. The molecule has 0 fully saturated rings. The van der Waals surface area contributed by atoms with Crippen molar-refractivity contribution in [2.24, 2.45) is 7.05 Å². The summed E-state index contributed by atoms with van der Waals surface area (Å²) in [4.78, 5) is 0. The van der Waals surface area contributed by atoms with Crippen molar-refractivity contribution in [3.05, 3.63) is 41.6 Å². The Morgan fingerprint density at radius 3 is 2.31 bits per heavy atom. The van der Waals surface area contributed by atoms with Gasteiger partial charge in [0.2, 0.25) is 0 Å². The standard InChI is InChI=1S/C12H12F2N2/c1-3-8-6-9(13)12(10(14)7-8)11-4-5-15-16(11)2/h4-7H,3H2,1-2H3. The van der Waals surface area contributed by atoms with Gasteiger partial charge in [0.1, 0.15) is 11.6 Å². The van der Waals surface area contributed by atoms with Crippen LogP contribution < -0.4 is 0 Å². The molecule has 84 valence electrons. The Labute approximate surface area is 92.5 Å². The smallest absolute Gasteiger partial charge is 0.135 e. The van der Waals surface area contributed by atoms with Crippen molar-refractivity contribution in [3.63, 3.8) is 0 Å². The Balaban J connectivity index is 2.62. The summed E-state index contributed by atoms with van der Waals surface area (Å²) in [6.45, 7) is 1.86. The molecule has 16 heavy (non-hydrogen) atoms. The zero-order valence-corrected chi connectivity index (χ0v) is 9.17. The lowest BCUT2D eigenvalue weighted by Gasteiger charge is -2.07. The predicted molar refractivity (Wildman–Crippen MR) is 57.9 cm³/mol. The number of aryl methyl sites for hydroxylation is 2. The van der Waals surface area contributed by atoms with Crippen LogP contribution in [0.3, 0.4) is 0 Å². The molecule has 0 aliphatic rings. The maximum absolute atomic E-state index is 13.8. The van der Waals surface area contributed by atoms with Crippen molar-refractivity contribution in [2.45, 2.75) is 13.3 Å². The fraction of sp³-hybridized carbons (Fsp3) is 0.250. The van der Waals surface area contributed by atoms with Crippen LogP contribution in [0.25, 0.3) is 11.3 Å². The van der Waals surface area contributed by atoms with Crippen molar-refractivity contribution >= 4 is 0 Å². The Hall–Kier alpha value is -1.71. The molecule has 0 saturated carbocycles. The van der Waals surface area contributed by atoms with Gasteiger partial charge in [0.15, 0.2) is 0 Å². The van der Waals surface area contributed by atoms with Gasteiger partial charge in [-0.25, -0.2) is 8.78 Å². The topological polar surface area (TPSA) is 17.8 Å². The molecule has 2 rings (SSSR count). The van der Waals surface area contributed by atoms with Crippen LogP contribution in [0.15, 0.2) is 24.4 Å². The molecule has 0 aliphatic carbocycles. The third kappa shape index (κ3) is 1.71. The van der Waals surface area contributed by atoms with Crippen molar-refractivity contribution in [2.75, 3.05) is 0 Å². The van der Waals surface area contributed by atoms with Gasteiger partial charge in [-0.1, -0.05) is 6.92 Å². The zero-order chi connectivity index (χ0) is 11.7. The van der Waals surface area contributed by atoms with Crippen LogP contribution in [0.1, 0.15) is 12.5 Å². The predicted octanol–water partition coefficient (Wildman–Crippen LogP) is 2.93. The van der Waals surface area contributed by atoms with Crippen LogP contribution in [-0.2, 0) is 13.5 Å². The zero-order valence-electron chi connectivity index (χ0n) is 9.17. The van der Waals surface area contributed by atoms with E-state index in [-0.39, 0.29) is 5.56 Å². The molecule has 2 nitrogen and oxygen atoms in total. The summed E-state index contributed by atoms with van der Waals surface area (Å²) in [5.41, 5.74) is 1.08. The normalized spacial score (nSPS) is 10.8. The molecule has 0 saturated heterocycles. The van der Waals surface area contributed by atoms with Crippen LogP contribution in [0.5, 0.6) is 0 Å². The van der Waals surface area contributed by atoms with Gasteiger partial charge in [-0.3, -0.25) is 4.68 Å². The summed E-state index contributed by atoms with van der Waals surface area (Å²) in [5, 5.41) is 3.90. The van der Waals surface area contributed by atoms with E-state index in [1.807, 2.05) is 6.92 Å². The van der Waals surface area contributed by atoms with Gasteiger partial charge >= 0.3 is 0 Å². The van der Waals surface area contributed by atoms with Crippen molar-refractivity contribution in [1.29, 1.82) is 0 Å². The highest BCUT2D eigenvalue weighted by Crippen LogP contribution is 2.26. The molecule has 1 heterocycles. The summed E-state index contributed by atoms with van der Waals surface area (Å²) in [6.07, 6.45) is 2.13. The van der Waals surface area contributed by atoms with E-state index in [0.29, 0.717) is 17.7 Å². The maximum atomic E-state index is 13.8. The SMILES string of the molecule is CCc1cc(F)c(-c2ccnn2C)c(F)c1. The average molecular weight is 222 g/mol. The molecule has 0 aliphatic heterocycles. The summed E-state index contributed by atoms with van der Waals surface area (Å²) < 4.78 is 29.0. The van der Waals surface area contributed by atoms with Gasteiger partial charge in [-0.15, -0.1) is 0 Å². The fourth-order valence-electron chi connectivity index (χ4n) is 1.69. The number of aromatic nitrogens is 2. The van der Waals surface area contributed by atoms with Crippen LogP contribution >= 0.6 is 0 Å². The number of halogens is 2. The first-order valence-electron chi connectivity index (χ1n) is 5.09. The number of hydrogen-bond donors (Lipinski definition) is 0. The molecule has 2 aromatic rings. The quantitative estimate of drug-likeness (QED) is 0.763. The van der Waals surface area contributed by atoms with Gasteiger partial charge in [-0.2, -0.15) is 5.10 Å². The second-order valence-corrected chi connectivity index (χ2v) is 3.63. The monoisotopic (exact) mass is 222 g/mol. The number of benzene rings is 1. The maximum Gasteiger partial charge on any atom is 0.135 e. The Kier molecular flexibility index (Phi) is 2.73. The number of hydrogen-bond acceptors (Lipinski definition) is 1. The summed E-state index contributed by atoms with van der Waals surface area (Å²) >= 11 is 0. The first-order valence-corrected chi connectivity index (χ1v) is 5.09. The number of nitrogens with zero attached hydrogens (tertiary/aromatic N) is 2. The minimum atomic E-state index is -0.541. The highest BCUT2D eigenvalue weighted by molar-refractivity contribution is 5.61. The molecule has 0 unspecified atom stereocenters. The van der Waals surface area contributed by atoms with E-state index in [1.54, 1.807) is 13.1 Å². The summed E-state index contributed by atoms with van der Waals surface area (Å²) in [7, 11) is 1.65. The Morgan fingerprint density at radius 1 is 1.25 bits per heavy atom. The molecule has 0 atom stereocenters. The second kappa shape index (κ2) is 4.04. The summed E-state index contributed by atoms with van der Waals surface area (Å²) in [6, 6.07) is 4.32. The Bertz CT molecular complexity index is 494. The van der Waals surface area contributed by atoms with Gasteiger partial charge in [-0.05, 0) is 30.2 Å². The largest absolute Gasteiger partial charge is 0.268 e. The van der Waals surface area contributed by atoms with Gasteiger partial charge in [0, 0.05) is 13.2 Å². The van der Waals surface area contributed by atoms with Gasteiger partial charge < -0.3 is 0 Å². The van der Waals surface area contributed by atoms with E-state index in [1.165, 1.54) is 23.0 Å². The third-order valence-electron chi connectivity index (χ3n) is 2.59. The first-order chi connectivity index (χ1) is 7.63. The van der Waals surface area contributed by atoms with Crippen molar-refractivity contribution in [1.82, 2.24) is 9.78 Å². The van der Waals surface area contributed by atoms with E-state index in [4.69, 9.17) is 0 Å². The molecule has 0 spiro atoms. The van der Waals surface area contributed by atoms with E-state index in [0.717, 1.165) is 0 Å². The van der Waals surface area contributed by atoms with Crippen LogP contribution in [0.2, 0.25) is 0 Å². The van der Waals surface area contributed by atoms with Crippen LogP contribution in [0, 0.1) is 11.6 Å². The second-order valence-electron chi connectivity index (χ2n) is 3.63. The molecule has 0 bridgehead atoms. The van der Waals surface area contributed by atoms with Crippen molar-refractivity contribution < 1.29 is 8.78 Å². The highest BCUT2D eigenvalue weighted by atomic mass is 19.1. The molecular formula is C12H12F2N2. The van der Waals surface area contributed by atoms with Crippen molar-refractivity contribution in [3.8, 4) is 11.3 Å². The molecule has 0 radical (unpaired) electrons. The van der Waals surface area contributed by atoms with Crippen LogP contribution in [-0.4, -0.2) is 9.78 Å². The average Bonchev–Trinajstić information content (AvgIpc) is 2.64. The summed E-state index contributed by atoms with van der Waals surface area (Å²) in [5.74, 6) is -1.08. The van der Waals surface area contributed by atoms with Gasteiger partial charge in [0.25, 0.3) is 0 Å². The van der Waals surface area contributed by atoms with E-state index in [2.05, 4.69) is 5.10 Å². The Morgan fingerprint density at radius 2 is 1.88 bits per heavy atom. The molecule has 4 heteroatoms. The highest BCUT2D eigenvalue weighted by Gasteiger charge is 2.15. The molecule has 1 aromatic heterocycles. The molecular weight excluding hydrogens is 210 g/mol. The minimum absolute atomic E-state index is 0.0165. The lowest BCUT2D eigenvalue weighted by atomic mass is 10.1. The first kappa shape index (κ1) is 10.8. The van der Waals surface area contributed by atoms with E-state index in [9.17, 15) is 8.78 Å². The van der Waals surface area contributed by atoms with Crippen LogP contribution in [0.4, 0.5) is 8.78 Å². The fourth-order valence-corrected chi connectivity index (χ4v) is 1.69. The lowest BCUT2D eigenvalue weighted by Crippen LogP contribution is -1.99. The lowest BCUT2D eigenvalue weighted by molar-refractivity contribution is 0.582. The molecule has 1 aromatic carbocycles. The molecule has 0 amide bonds. The minimum Gasteiger partial charge on any atom is -0.268 e. The van der Waals surface area contributed by atoms with Gasteiger partial charge in [0.05, 0.1) is 11.3 Å². The number of rotatable bonds is 2. The van der Waals surface area contributed by atoms with E-state index < -0.39 is 11.6 Å². The molecule has 0 N–H and O–H groups in total.